The molecule has 0 aliphatic heterocycles. The van der Waals surface area contributed by atoms with Crippen LogP contribution in [0.15, 0.2) is 54.7 Å². The van der Waals surface area contributed by atoms with Gasteiger partial charge in [-0.05, 0) is 41.8 Å². The van der Waals surface area contributed by atoms with Crippen LogP contribution in [0.3, 0.4) is 0 Å². The minimum atomic E-state index is -0.283. The second-order valence-electron chi connectivity index (χ2n) is 5.66. The maximum Gasteiger partial charge on any atom is 0.249 e. The van der Waals surface area contributed by atoms with E-state index in [0.717, 1.165) is 11.4 Å². The van der Waals surface area contributed by atoms with Crippen LogP contribution >= 0.6 is 0 Å². The van der Waals surface area contributed by atoms with Crippen molar-refractivity contribution in [1.29, 1.82) is 0 Å². The predicted molar refractivity (Wildman–Crippen MR) is 93.3 cm³/mol. The maximum atomic E-state index is 13.0. The monoisotopic (exact) mass is 323 g/mol. The molecule has 0 aliphatic carbocycles. The van der Waals surface area contributed by atoms with Gasteiger partial charge < -0.3 is 10.6 Å². The summed E-state index contributed by atoms with van der Waals surface area (Å²) in [5, 5.41) is 14.3. The van der Waals surface area contributed by atoms with Crippen molar-refractivity contribution in [3.05, 3.63) is 66.1 Å². The fraction of sp³-hybridized carbons (Fsp3) is 0.167. The van der Waals surface area contributed by atoms with Crippen LogP contribution in [0.25, 0.3) is 0 Å². The van der Waals surface area contributed by atoms with Crippen LogP contribution in [0.5, 0.6) is 0 Å². The third-order valence-corrected chi connectivity index (χ3v) is 3.50. The summed E-state index contributed by atoms with van der Waals surface area (Å²) in [5.41, 5.74) is 2.86. The van der Waals surface area contributed by atoms with Gasteiger partial charge in [-0.15, -0.1) is 5.10 Å². The molecule has 3 aromatic rings. The molecule has 3 rings (SSSR count). The van der Waals surface area contributed by atoms with E-state index in [-0.39, 0.29) is 5.82 Å². The van der Waals surface area contributed by atoms with Crippen LogP contribution in [0.1, 0.15) is 25.3 Å². The smallest absolute Gasteiger partial charge is 0.249 e. The Balaban J connectivity index is 1.80. The van der Waals surface area contributed by atoms with E-state index in [4.69, 9.17) is 0 Å². The number of benzene rings is 2. The number of para-hydroxylation sites is 1. The zero-order valence-corrected chi connectivity index (χ0v) is 13.5. The van der Waals surface area contributed by atoms with Gasteiger partial charge in [-0.1, -0.05) is 32.0 Å². The quantitative estimate of drug-likeness (QED) is 0.717. The molecular formula is C18H18FN5. The lowest BCUT2D eigenvalue weighted by Gasteiger charge is -2.13. The largest absolute Gasteiger partial charge is 0.339 e. The summed E-state index contributed by atoms with van der Waals surface area (Å²) < 4.78 is 13.0. The molecule has 0 amide bonds. The van der Waals surface area contributed by atoms with E-state index in [1.54, 1.807) is 12.1 Å². The number of nitrogens with zero attached hydrogens (tertiary/aromatic N) is 3. The molecule has 0 unspecified atom stereocenters. The van der Waals surface area contributed by atoms with E-state index in [2.05, 4.69) is 45.7 Å². The van der Waals surface area contributed by atoms with Crippen LogP contribution in [0, 0.1) is 5.82 Å². The van der Waals surface area contributed by atoms with Gasteiger partial charge in [0.15, 0.2) is 5.82 Å². The number of aromatic nitrogens is 3. The van der Waals surface area contributed by atoms with Crippen LogP contribution in [0.2, 0.25) is 0 Å². The van der Waals surface area contributed by atoms with Gasteiger partial charge >= 0.3 is 0 Å². The van der Waals surface area contributed by atoms with Crippen molar-refractivity contribution in [2.24, 2.45) is 0 Å². The van der Waals surface area contributed by atoms with E-state index in [1.165, 1.54) is 23.9 Å². The first-order valence-electron chi connectivity index (χ1n) is 7.70. The second kappa shape index (κ2) is 7.04. The molecule has 0 aliphatic rings. The first-order valence-corrected chi connectivity index (χ1v) is 7.70. The summed E-state index contributed by atoms with van der Waals surface area (Å²) in [4.78, 5) is 4.40. The summed E-state index contributed by atoms with van der Waals surface area (Å²) in [6.07, 6.45) is 1.52. The standard InChI is InChI=1S/C18H18FN5/c1-12(2)15-5-3-4-6-16(15)22-18-23-17(11-20-24-18)21-14-9-7-13(19)8-10-14/h3-12H,1-2H3,(H2,21,22,23,24). The van der Waals surface area contributed by atoms with Crippen molar-refractivity contribution in [3.8, 4) is 0 Å². The zero-order valence-electron chi connectivity index (χ0n) is 13.5. The summed E-state index contributed by atoms with van der Waals surface area (Å²) in [6, 6.07) is 14.1. The Hall–Kier alpha value is -3.02. The average molecular weight is 323 g/mol. The first-order chi connectivity index (χ1) is 11.6. The van der Waals surface area contributed by atoms with Gasteiger partial charge in [-0.3, -0.25) is 0 Å². The molecule has 0 saturated carbocycles. The van der Waals surface area contributed by atoms with Crippen LogP contribution in [0.4, 0.5) is 27.5 Å². The Morgan fingerprint density at radius 2 is 1.71 bits per heavy atom. The third-order valence-electron chi connectivity index (χ3n) is 3.50. The van der Waals surface area contributed by atoms with Gasteiger partial charge in [0.2, 0.25) is 5.95 Å². The predicted octanol–water partition coefficient (Wildman–Crippen LogP) is 4.62. The molecule has 1 aromatic heterocycles. The first kappa shape index (κ1) is 15.9. The lowest BCUT2D eigenvalue weighted by molar-refractivity contribution is 0.628. The minimum absolute atomic E-state index is 0.283. The molecule has 6 heteroatoms. The third kappa shape index (κ3) is 3.84. The molecule has 0 fully saturated rings. The Bertz CT molecular complexity index is 818. The van der Waals surface area contributed by atoms with Crippen LogP contribution in [-0.4, -0.2) is 15.2 Å². The molecule has 0 spiro atoms. The molecule has 122 valence electrons. The highest BCUT2D eigenvalue weighted by atomic mass is 19.1. The lowest BCUT2D eigenvalue weighted by atomic mass is 10.0. The van der Waals surface area contributed by atoms with E-state index >= 15 is 0 Å². The fourth-order valence-corrected chi connectivity index (χ4v) is 2.33. The van der Waals surface area contributed by atoms with Crippen LogP contribution in [-0.2, 0) is 0 Å². The van der Waals surface area contributed by atoms with Crippen molar-refractivity contribution >= 4 is 23.1 Å². The molecule has 5 nitrogen and oxygen atoms in total. The highest BCUT2D eigenvalue weighted by molar-refractivity contribution is 5.61. The summed E-state index contributed by atoms with van der Waals surface area (Å²) in [5.74, 6) is 1.02. The van der Waals surface area contributed by atoms with Gasteiger partial charge in [0.05, 0.1) is 6.20 Å². The SMILES string of the molecule is CC(C)c1ccccc1Nc1nncc(Nc2ccc(F)cc2)n1. The Morgan fingerprint density at radius 1 is 0.958 bits per heavy atom. The summed E-state index contributed by atoms with van der Waals surface area (Å²) in [6.45, 7) is 4.26. The number of hydrogen-bond acceptors (Lipinski definition) is 5. The minimum Gasteiger partial charge on any atom is -0.339 e. The zero-order chi connectivity index (χ0) is 16.9. The van der Waals surface area contributed by atoms with Crippen molar-refractivity contribution in [2.45, 2.75) is 19.8 Å². The molecule has 1 heterocycles. The second-order valence-corrected chi connectivity index (χ2v) is 5.66. The fourth-order valence-electron chi connectivity index (χ4n) is 2.33. The molecule has 2 N–H and O–H groups in total. The average Bonchev–Trinajstić information content (AvgIpc) is 2.58. The highest BCUT2D eigenvalue weighted by Gasteiger charge is 2.08. The molecule has 0 radical (unpaired) electrons. The van der Waals surface area contributed by atoms with Gasteiger partial charge in [-0.2, -0.15) is 10.1 Å². The number of rotatable bonds is 5. The molecule has 2 aromatic carbocycles. The normalized spacial score (nSPS) is 10.7. The number of nitrogens with one attached hydrogen (secondary N) is 2. The molecule has 0 saturated heterocycles. The van der Waals surface area contributed by atoms with Gasteiger partial charge in [0.25, 0.3) is 0 Å². The van der Waals surface area contributed by atoms with Crippen LogP contribution < -0.4 is 10.6 Å². The van der Waals surface area contributed by atoms with E-state index in [9.17, 15) is 4.39 Å². The van der Waals surface area contributed by atoms with Crippen molar-refractivity contribution in [1.82, 2.24) is 15.2 Å². The number of hydrogen-bond donors (Lipinski definition) is 2. The lowest BCUT2D eigenvalue weighted by Crippen LogP contribution is -2.04. The summed E-state index contributed by atoms with van der Waals surface area (Å²) in [7, 11) is 0. The number of anilines is 4. The molecular weight excluding hydrogens is 305 g/mol. The van der Waals surface area contributed by atoms with Crippen molar-refractivity contribution in [2.75, 3.05) is 10.6 Å². The van der Waals surface area contributed by atoms with Gasteiger partial charge in [0.1, 0.15) is 5.82 Å². The van der Waals surface area contributed by atoms with E-state index in [1.807, 2.05) is 18.2 Å². The van der Waals surface area contributed by atoms with Crippen molar-refractivity contribution < 1.29 is 4.39 Å². The van der Waals surface area contributed by atoms with Gasteiger partial charge in [0, 0.05) is 11.4 Å². The van der Waals surface area contributed by atoms with E-state index < -0.39 is 0 Å². The molecule has 24 heavy (non-hydrogen) atoms. The Labute approximate surface area is 140 Å². The molecule has 0 bridgehead atoms. The highest BCUT2D eigenvalue weighted by Crippen LogP contribution is 2.26. The van der Waals surface area contributed by atoms with Crippen molar-refractivity contribution in [3.63, 3.8) is 0 Å². The van der Waals surface area contributed by atoms with Gasteiger partial charge in [-0.25, -0.2) is 4.39 Å². The summed E-state index contributed by atoms with van der Waals surface area (Å²) >= 11 is 0. The topological polar surface area (TPSA) is 62.7 Å². The number of halogens is 1. The maximum absolute atomic E-state index is 13.0. The molecule has 0 atom stereocenters. The van der Waals surface area contributed by atoms with E-state index in [0.29, 0.717) is 17.7 Å². The Kier molecular flexibility index (Phi) is 4.65. The Morgan fingerprint density at radius 3 is 2.46 bits per heavy atom.